The summed E-state index contributed by atoms with van der Waals surface area (Å²) in [4.78, 5) is 2.36. The highest BCUT2D eigenvalue weighted by Gasteiger charge is 2.25. The van der Waals surface area contributed by atoms with E-state index in [9.17, 15) is 0 Å². The van der Waals surface area contributed by atoms with Gasteiger partial charge in [0.2, 0.25) is 0 Å². The summed E-state index contributed by atoms with van der Waals surface area (Å²) in [6.45, 7) is 12.6. The standard InChI is InChI=1S/C19H34N2O/c1-5-13-19(20,14-6-2)17-9-11-18(12-10-17)22-16-15-21(7-3)8-4/h9-12H,5-8,13-16,20H2,1-4H3. The first-order chi connectivity index (χ1) is 10.6. The second-order valence-corrected chi connectivity index (χ2v) is 6.06. The van der Waals surface area contributed by atoms with Crippen molar-refractivity contribution in [3.8, 4) is 5.75 Å². The number of benzene rings is 1. The third-order valence-electron chi connectivity index (χ3n) is 4.39. The summed E-state index contributed by atoms with van der Waals surface area (Å²) in [6.07, 6.45) is 4.28. The lowest BCUT2D eigenvalue weighted by Crippen LogP contribution is -2.36. The highest BCUT2D eigenvalue weighted by Crippen LogP contribution is 2.30. The average Bonchev–Trinajstić information content (AvgIpc) is 2.52. The van der Waals surface area contributed by atoms with E-state index in [0.29, 0.717) is 0 Å². The van der Waals surface area contributed by atoms with Crippen LogP contribution in [0.2, 0.25) is 0 Å². The van der Waals surface area contributed by atoms with Crippen LogP contribution in [0.3, 0.4) is 0 Å². The number of ether oxygens (including phenoxy) is 1. The number of likely N-dealkylation sites (N-methyl/N-ethyl adjacent to an activating group) is 1. The van der Waals surface area contributed by atoms with Gasteiger partial charge in [-0.05, 0) is 43.6 Å². The minimum Gasteiger partial charge on any atom is -0.492 e. The summed E-state index contributed by atoms with van der Waals surface area (Å²) >= 11 is 0. The SMILES string of the molecule is CCCC(N)(CCC)c1ccc(OCCN(CC)CC)cc1. The normalized spacial score (nSPS) is 11.9. The van der Waals surface area contributed by atoms with Crippen LogP contribution < -0.4 is 10.5 Å². The molecule has 0 atom stereocenters. The second-order valence-electron chi connectivity index (χ2n) is 6.06. The molecule has 0 saturated heterocycles. The average molecular weight is 306 g/mol. The van der Waals surface area contributed by atoms with Crippen LogP contribution in [0.5, 0.6) is 5.75 Å². The van der Waals surface area contributed by atoms with Crippen molar-refractivity contribution in [1.29, 1.82) is 0 Å². The molecule has 0 heterocycles. The van der Waals surface area contributed by atoms with E-state index in [-0.39, 0.29) is 5.54 Å². The Labute approximate surface area is 136 Å². The quantitative estimate of drug-likeness (QED) is 0.667. The van der Waals surface area contributed by atoms with Gasteiger partial charge in [0.15, 0.2) is 0 Å². The van der Waals surface area contributed by atoms with E-state index in [0.717, 1.165) is 57.7 Å². The van der Waals surface area contributed by atoms with Gasteiger partial charge in [-0.3, -0.25) is 0 Å². The summed E-state index contributed by atoms with van der Waals surface area (Å²) in [5.41, 5.74) is 7.66. The molecule has 3 heteroatoms. The summed E-state index contributed by atoms with van der Waals surface area (Å²) in [6, 6.07) is 8.39. The molecule has 0 aliphatic carbocycles. The van der Waals surface area contributed by atoms with Crippen molar-refractivity contribution in [2.45, 2.75) is 58.9 Å². The number of rotatable bonds is 11. The van der Waals surface area contributed by atoms with Crippen molar-refractivity contribution in [2.75, 3.05) is 26.2 Å². The number of hydrogen-bond acceptors (Lipinski definition) is 3. The van der Waals surface area contributed by atoms with Gasteiger partial charge < -0.3 is 15.4 Å². The van der Waals surface area contributed by atoms with Crippen LogP contribution >= 0.6 is 0 Å². The van der Waals surface area contributed by atoms with Gasteiger partial charge in [0, 0.05) is 12.1 Å². The van der Waals surface area contributed by atoms with Crippen molar-refractivity contribution in [2.24, 2.45) is 5.73 Å². The smallest absolute Gasteiger partial charge is 0.119 e. The van der Waals surface area contributed by atoms with Crippen LogP contribution in [-0.4, -0.2) is 31.1 Å². The van der Waals surface area contributed by atoms with E-state index in [1.165, 1.54) is 5.56 Å². The first-order valence-electron chi connectivity index (χ1n) is 8.84. The topological polar surface area (TPSA) is 38.5 Å². The van der Waals surface area contributed by atoms with Crippen molar-refractivity contribution in [1.82, 2.24) is 4.90 Å². The Kier molecular flexibility index (Phi) is 8.51. The number of nitrogens with two attached hydrogens (primary N) is 1. The molecule has 0 amide bonds. The summed E-state index contributed by atoms with van der Waals surface area (Å²) in [5, 5.41) is 0. The Morgan fingerprint density at radius 2 is 1.50 bits per heavy atom. The molecule has 0 bridgehead atoms. The lowest BCUT2D eigenvalue weighted by atomic mass is 9.83. The fraction of sp³-hybridized carbons (Fsp3) is 0.684. The van der Waals surface area contributed by atoms with Crippen LogP contribution in [0.15, 0.2) is 24.3 Å². The minimum absolute atomic E-state index is 0.191. The molecule has 0 aliphatic heterocycles. The van der Waals surface area contributed by atoms with Crippen LogP contribution in [0.25, 0.3) is 0 Å². The molecule has 0 saturated carbocycles. The third kappa shape index (κ3) is 5.62. The molecule has 0 fully saturated rings. The maximum Gasteiger partial charge on any atom is 0.119 e. The highest BCUT2D eigenvalue weighted by atomic mass is 16.5. The summed E-state index contributed by atoms with van der Waals surface area (Å²) in [5.74, 6) is 0.936. The fourth-order valence-electron chi connectivity index (χ4n) is 3.02. The first-order valence-corrected chi connectivity index (χ1v) is 8.84. The first kappa shape index (κ1) is 19.0. The molecule has 22 heavy (non-hydrogen) atoms. The van der Waals surface area contributed by atoms with Crippen molar-refractivity contribution < 1.29 is 4.74 Å². The largest absolute Gasteiger partial charge is 0.492 e. The highest BCUT2D eigenvalue weighted by molar-refractivity contribution is 5.31. The fourth-order valence-corrected chi connectivity index (χ4v) is 3.02. The maximum atomic E-state index is 6.62. The molecule has 3 nitrogen and oxygen atoms in total. The minimum atomic E-state index is -0.191. The van der Waals surface area contributed by atoms with Crippen LogP contribution in [0.4, 0.5) is 0 Å². The van der Waals surface area contributed by atoms with E-state index in [1.54, 1.807) is 0 Å². The van der Waals surface area contributed by atoms with Gasteiger partial charge >= 0.3 is 0 Å². The van der Waals surface area contributed by atoms with E-state index >= 15 is 0 Å². The molecule has 1 aromatic carbocycles. The van der Waals surface area contributed by atoms with Gasteiger partial charge in [-0.15, -0.1) is 0 Å². The van der Waals surface area contributed by atoms with Gasteiger partial charge in [0.1, 0.15) is 12.4 Å². The Bertz CT molecular complexity index is 392. The molecule has 0 radical (unpaired) electrons. The molecule has 126 valence electrons. The number of hydrogen-bond donors (Lipinski definition) is 1. The molecule has 0 spiro atoms. The summed E-state index contributed by atoms with van der Waals surface area (Å²) in [7, 11) is 0. The zero-order chi connectivity index (χ0) is 16.4. The Morgan fingerprint density at radius 3 is 1.95 bits per heavy atom. The lowest BCUT2D eigenvalue weighted by Gasteiger charge is -2.29. The zero-order valence-electron chi connectivity index (χ0n) is 14.9. The molecule has 0 aromatic heterocycles. The monoisotopic (exact) mass is 306 g/mol. The van der Waals surface area contributed by atoms with Crippen molar-refractivity contribution in [3.63, 3.8) is 0 Å². The van der Waals surface area contributed by atoms with Gasteiger partial charge in [0.05, 0.1) is 0 Å². The molecule has 1 rings (SSSR count). The van der Waals surface area contributed by atoms with Gasteiger partial charge in [-0.25, -0.2) is 0 Å². The summed E-state index contributed by atoms with van der Waals surface area (Å²) < 4.78 is 5.85. The van der Waals surface area contributed by atoms with E-state index < -0.39 is 0 Å². The predicted molar refractivity (Wildman–Crippen MR) is 95.4 cm³/mol. The third-order valence-corrected chi connectivity index (χ3v) is 4.39. The molecular weight excluding hydrogens is 272 g/mol. The maximum absolute atomic E-state index is 6.62. The molecule has 2 N–H and O–H groups in total. The Hall–Kier alpha value is -1.06. The Balaban J connectivity index is 2.61. The van der Waals surface area contributed by atoms with Gasteiger partial charge in [-0.1, -0.05) is 52.7 Å². The van der Waals surface area contributed by atoms with E-state index in [2.05, 4.69) is 56.9 Å². The molecule has 1 aromatic rings. The van der Waals surface area contributed by atoms with Crippen LogP contribution in [0.1, 0.15) is 58.9 Å². The zero-order valence-corrected chi connectivity index (χ0v) is 14.9. The van der Waals surface area contributed by atoms with Crippen molar-refractivity contribution in [3.05, 3.63) is 29.8 Å². The molecular formula is C19H34N2O. The number of nitrogens with zero attached hydrogens (tertiary/aromatic N) is 1. The van der Waals surface area contributed by atoms with Gasteiger partial charge in [0.25, 0.3) is 0 Å². The second kappa shape index (κ2) is 9.86. The predicted octanol–water partition coefficient (Wildman–Crippen LogP) is 4.16. The van der Waals surface area contributed by atoms with Crippen molar-refractivity contribution >= 4 is 0 Å². The van der Waals surface area contributed by atoms with E-state index in [4.69, 9.17) is 10.5 Å². The van der Waals surface area contributed by atoms with Crippen LogP contribution in [-0.2, 0) is 5.54 Å². The van der Waals surface area contributed by atoms with E-state index in [1.807, 2.05) is 0 Å². The van der Waals surface area contributed by atoms with Crippen LogP contribution in [0, 0.1) is 0 Å². The Morgan fingerprint density at radius 1 is 0.955 bits per heavy atom. The molecule has 0 unspecified atom stereocenters. The lowest BCUT2D eigenvalue weighted by molar-refractivity contribution is 0.222. The van der Waals surface area contributed by atoms with Gasteiger partial charge in [-0.2, -0.15) is 0 Å². The molecule has 0 aliphatic rings.